The zero-order chi connectivity index (χ0) is 20.2. The van der Waals surface area contributed by atoms with Crippen molar-refractivity contribution in [3.63, 3.8) is 0 Å². The predicted octanol–water partition coefficient (Wildman–Crippen LogP) is 3.74. The second-order valence-electron chi connectivity index (χ2n) is 6.33. The van der Waals surface area contributed by atoms with Crippen molar-refractivity contribution in [3.05, 3.63) is 83.6 Å². The average Bonchev–Trinajstić information content (AvgIpc) is 3.12. The average molecular weight is 387 g/mol. The summed E-state index contributed by atoms with van der Waals surface area (Å²) in [6.45, 7) is -0.164. The summed E-state index contributed by atoms with van der Waals surface area (Å²) in [5, 5.41) is 2.15. The van der Waals surface area contributed by atoms with Gasteiger partial charge in [-0.05, 0) is 46.7 Å². The van der Waals surface area contributed by atoms with E-state index < -0.39 is 11.9 Å². The van der Waals surface area contributed by atoms with E-state index in [9.17, 15) is 9.59 Å². The fourth-order valence-electron chi connectivity index (χ4n) is 2.87. The molecule has 1 aliphatic rings. The number of esters is 2. The summed E-state index contributed by atoms with van der Waals surface area (Å²) in [7, 11) is 1.30. The fraction of sp³-hybridized carbons (Fsp3) is 0.0870. The lowest BCUT2D eigenvalue weighted by Gasteiger charge is -2.04. The normalized spacial score (nSPS) is 14.6. The number of carbonyl (C=O) groups excluding carboxylic acids is 2. The van der Waals surface area contributed by atoms with Crippen LogP contribution >= 0.6 is 0 Å². The Morgan fingerprint density at radius 1 is 1.03 bits per heavy atom. The first kappa shape index (κ1) is 18.4. The molecular weight excluding hydrogens is 370 g/mol. The van der Waals surface area contributed by atoms with Crippen LogP contribution in [0.5, 0.6) is 5.75 Å². The molecule has 29 heavy (non-hydrogen) atoms. The standard InChI is InChI=1S/C23H17NO5/c1-27-21(25)14-28-19-10-6-15(7-11-19)12-20-23(26)29-22(24-20)18-9-8-16-4-2-3-5-17(16)13-18/h2-13H,14H2,1H3/b20-12-. The van der Waals surface area contributed by atoms with E-state index >= 15 is 0 Å². The number of methoxy groups -OCH3 is 1. The Bertz CT molecular complexity index is 1150. The predicted molar refractivity (Wildman–Crippen MR) is 109 cm³/mol. The van der Waals surface area contributed by atoms with Crippen LogP contribution in [0.15, 0.2) is 77.4 Å². The number of hydrogen-bond acceptors (Lipinski definition) is 6. The molecule has 6 heteroatoms. The lowest BCUT2D eigenvalue weighted by atomic mass is 10.1. The van der Waals surface area contributed by atoms with Gasteiger partial charge in [-0.2, -0.15) is 0 Å². The van der Waals surface area contributed by atoms with Crippen molar-refractivity contribution in [1.29, 1.82) is 0 Å². The molecule has 0 fully saturated rings. The van der Waals surface area contributed by atoms with E-state index in [1.165, 1.54) is 7.11 Å². The molecule has 0 N–H and O–H groups in total. The summed E-state index contributed by atoms with van der Waals surface area (Å²) in [6, 6.07) is 20.7. The van der Waals surface area contributed by atoms with Crippen molar-refractivity contribution in [2.24, 2.45) is 4.99 Å². The number of aliphatic imine (C=N–C) groups is 1. The van der Waals surface area contributed by atoms with Crippen molar-refractivity contribution in [3.8, 4) is 5.75 Å². The van der Waals surface area contributed by atoms with Crippen LogP contribution in [-0.4, -0.2) is 31.6 Å². The Labute approximate surface area is 167 Å². The third-order valence-corrected chi connectivity index (χ3v) is 4.38. The molecule has 144 valence electrons. The van der Waals surface area contributed by atoms with Gasteiger partial charge in [0.25, 0.3) is 0 Å². The van der Waals surface area contributed by atoms with Crippen molar-refractivity contribution < 1.29 is 23.8 Å². The number of rotatable bonds is 5. The summed E-state index contributed by atoms with van der Waals surface area (Å²) in [6.07, 6.45) is 1.64. The molecule has 0 saturated heterocycles. The highest BCUT2D eigenvalue weighted by atomic mass is 16.6. The second kappa shape index (κ2) is 7.98. The topological polar surface area (TPSA) is 74.2 Å². The van der Waals surface area contributed by atoms with E-state index in [1.54, 1.807) is 30.3 Å². The first-order valence-electron chi connectivity index (χ1n) is 8.94. The first-order chi connectivity index (χ1) is 14.1. The summed E-state index contributed by atoms with van der Waals surface area (Å²) in [4.78, 5) is 27.7. The van der Waals surface area contributed by atoms with E-state index in [0.29, 0.717) is 5.75 Å². The van der Waals surface area contributed by atoms with Gasteiger partial charge in [0.1, 0.15) is 5.75 Å². The highest BCUT2D eigenvalue weighted by molar-refractivity contribution is 6.13. The van der Waals surface area contributed by atoms with Gasteiger partial charge in [-0.3, -0.25) is 0 Å². The maximum atomic E-state index is 12.2. The van der Waals surface area contributed by atoms with Crippen LogP contribution in [-0.2, 0) is 19.1 Å². The van der Waals surface area contributed by atoms with Crippen molar-refractivity contribution >= 4 is 34.7 Å². The number of nitrogens with zero attached hydrogens (tertiary/aromatic N) is 1. The molecule has 0 radical (unpaired) electrons. The summed E-state index contributed by atoms with van der Waals surface area (Å²) in [5.41, 5.74) is 1.72. The second-order valence-corrected chi connectivity index (χ2v) is 6.33. The highest BCUT2D eigenvalue weighted by Gasteiger charge is 2.24. The fourth-order valence-corrected chi connectivity index (χ4v) is 2.87. The third-order valence-electron chi connectivity index (χ3n) is 4.38. The molecule has 1 aliphatic heterocycles. The molecule has 4 rings (SSSR count). The van der Waals surface area contributed by atoms with E-state index in [1.807, 2.05) is 42.5 Å². The molecule has 0 bridgehead atoms. The van der Waals surface area contributed by atoms with Crippen molar-refractivity contribution in [1.82, 2.24) is 0 Å². The van der Waals surface area contributed by atoms with Crippen LogP contribution < -0.4 is 4.74 Å². The van der Waals surface area contributed by atoms with Crippen molar-refractivity contribution in [2.75, 3.05) is 13.7 Å². The molecule has 0 atom stereocenters. The Morgan fingerprint density at radius 3 is 2.55 bits per heavy atom. The van der Waals surface area contributed by atoms with Gasteiger partial charge in [-0.25, -0.2) is 14.6 Å². The van der Waals surface area contributed by atoms with Gasteiger partial charge in [-0.1, -0.05) is 42.5 Å². The van der Waals surface area contributed by atoms with Gasteiger partial charge < -0.3 is 14.2 Å². The van der Waals surface area contributed by atoms with E-state index in [-0.39, 0.29) is 18.2 Å². The lowest BCUT2D eigenvalue weighted by Crippen LogP contribution is -2.12. The summed E-state index contributed by atoms with van der Waals surface area (Å²) in [5.74, 6) is -0.156. The third kappa shape index (κ3) is 4.16. The van der Waals surface area contributed by atoms with Gasteiger partial charge in [0.2, 0.25) is 5.90 Å². The summed E-state index contributed by atoms with van der Waals surface area (Å²) < 4.78 is 15.2. The van der Waals surface area contributed by atoms with Crippen LogP contribution in [0.2, 0.25) is 0 Å². The molecule has 3 aromatic carbocycles. The van der Waals surface area contributed by atoms with Crippen LogP contribution in [0, 0.1) is 0 Å². The van der Waals surface area contributed by atoms with Gasteiger partial charge in [0.05, 0.1) is 7.11 Å². The first-order valence-corrected chi connectivity index (χ1v) is 8.94. The van der Waals surface area contributed by atoms with Gasteiger partial charge in [0, 0.05) is 5.56 Å². The summed E-state index contributed by atoms with van der Waals surface area (Å²) >= 11 is 0. The smallest absolute Gasteiger partial charge is 0.363 e. The van der Waals surface area contributed by atoms with E-state index in [4.69, 9.17) is 9.47 Å². The lowest BCUT2D eigenvalue weighted by molar-refractivity contribution is -0.143. The number of benzene rings is 3. The SMILES string of the molecule is COC(=O)COc1ccc(/C=C2\N=C(c3ccc4ccccc4c3)OC2=O)cc1. The highest BCUT2D eigenvalue weighted by Crippen LogP contribution is 2.23. The molecule has 0 aliphatic carbocycles. The van der Waals surface area contributed by atoms with Gasteiger partial charge >= 0.3 is 11.9 Å². The minimum absolute atomic E-state index is 0.164. The number of cyclic esters (lactones) is 1. The van der Waals surface area contributed by atoms with Crippen LogP contribution in [0.1, 0.15) is 11.1 Å². The van der Waals surface area contributed by atoms with Crippen molar-refractivity contribution in [2.45, 2.75) is 0 Å². The van der Waals surface area contributed by atoms with Gasteiger partial charge in [0.15, 0.2) is 12.3 Å². The molecule has 0 amide bonds. The quantitative estimate of drug-likeness (QED) is 0.493. The Kier molecular flexibility index (Phi) is 5.07. The van der Waals surface area contributed by atoms with E-state index in [2.05, 4.69) is 9.73 Å². The Morgan fingerprint density at radius 2 is 1.79 bits per heavy atom. The van der Waals surface area contributed by atoms with Crippen LogP contribution in [0.25, 0.3) is 16.8 Å². The Balaban J connectivity index is 1.53. The number of ether oxygens (including phenoxy) is 3. The van der Waals surface area contributed by atoms with Crippen LogP contribution in [0.4, 0.5) is 0 Å². The number of carbonyl (C=O) groups is 2. The molecule has 0 saturated carbocycles. The number of hydrogen-bond donors (Lipinski definition) is 0. The number of fused-ring (bicyclic) bond motifs is 1. The largest absolute Gasteiger partial charge is 0.482 e. The molecule has 1 heterocycles. The minimum Gasteiger partial charge on any atom is -0.482 e. The molecular formula is C23H17NO5. The monoisotopic (exact) mass is 387 g/mol. The maximum Gasteiger partial charge on any atom is 0.363 e. The molecule has 0 unspecified atom stereocenters. The molecule has 6 nitrogen and oxygen atoms in total. The van der Waals surface area contributed by atoms with E-state index in [0.717, 1.165) is 21.9 Å². The molecule has 0 aromatic heterocycles. The maximum absolute atomic E-state index is 12.2. The molecule has 3 aromatic rings. The Hall–Kier alpha value is -3.93. The van der Waals surface area contributed by atoms with Crippen LogP contribution in [0.3, 0.4) is 0 Å². The molecule has 0 spiro atoms. The van der Waals surface area contributed by atoms with Gasteiger partial charge in [-0.15, -0.1) is 0 Å². The zero-order valence-corrected chi connectivity index (χ0v) is 15.6. The minimum atomic E-state index is -0.501. The zero-order valence-electron chi connectivity index (χ0n) is 15.6.